The van der Waals surface area contributed by atoms with Crippen molar-refractivity contribution < 1.29 is 14.0 Å². The Labute approximate surface area is 217 Å². The van der Waals surface area contributed by atoms with Crippen LogP contribution in [-0.4, -0.2) is 64.9 Å². The number of nitrogens with zero attached hydrogens (tertiary/aromatic N) is 2. The molecule has 2 unspecified atom stereocenters. The molecular weight excluding hydrogens is 497 g/mol. The molecule has 0 bridgehead atoms. The molecule has 3 aliphatic rings. The first-order valence-corrected chi connectivity index (χ1v) is 12.9. The van der Waals surface area contributed by atoms with E-state index in [2.05, 4.69) is 15.6 Å². The highest BCUT2D eigenvalue weighted by molar-refractivity contribution is 6.30. The van der Waals surface area contributed by atoms with Crippen molar-refractivity contribution in [2.24, 2.45) is 0 Å². The summed E-state index contributed by atoms with van der Waals surface area (Å²) in [5.74, 6) is -1.03. The number of pyridine rings is 1. The van der Waals surface area contributed by atoms with Gasteiger partial charge in [0.05, 0.1) is 23.7 Å². The van der Waals surface area contributed by atoms with Gasteiger partial charge in [0.1, 0.15) is 11.5 Å². The number of benzene rings is 2. The number of amides is 2. The molecule has 0 spiro atoms. The van der Waals surface area contributed by atoms with E-state index in [4.69, 9.17) is 11.6 Å². The van der Waals surface area contributed by atoms with Crippen molar-refractivity contribution in [1.29, 1.82) is 0 Å². The average Bonchev–Trinajstić information content (AvgIpc) is 3.67. The third kappa shape index (κ3) is 4.36. The number of fused-ring (bicyclic) bond motifs is 3. The topological polar surface area (TPSA) is 97.5 Å². The summed E-state index contributed by atoms with van der Waals surface area (Å²) >= 11 is 6.11. The van der Waals surface area contributed by atoms with Crippen LogP contribution in [0.15, 0.2) is 41.2 Å². The van der Waals surface area contributed by atoms with Crippen molar-refractivity contribution in [1.82, 2.24) is 20.1 Å². The van der Waals surface area contributed by atoms with Gasteiger partial charge < -0.3 is 25.4 Å². The van der Waals surface area contributed by atoms with Crippen LogP contribution in [0.25, 0.3) is 10.8 Å². The first kappa shape index (κ1) is 23.9. The molecule has 8 nitrogen and oxygen atoms in total. The second kappa shape index (κ2) is 9.15. The molecule has 3 atom stereocenters. The smallest absolute Gasteiger partial charge is 0.270 e. The molecule has 0 radical (unpaired) electrons. The number of piperazine rings is 1. The van der Waals surface area contributed by atoms with E-state index in [-0.39, 0.29) is 47.2 Å². The van der Waals surface area contributed by atoms with E-state index in [1.165, 1.54) is 6.07 Å². The molecular formula is C27H27ClFN5O3. The minimum Gasteiger partial charge on any atom is -0.374 e. The van der Waals surface area contributed by atoms with Crippen molar-refractivity contribution >= 4 is 39.9 Å². The number of carbonyl (C=O) groups excluding carboxylic acids is 2. The lowest BCUT2D eigenvalue weighted by molar-refractivity contribution is -0.131. The molecule has 2 fully saturated rings. The summed E-state index contributed by atoms with van der Waals surface area (Å²) in [7, 11) is 0. The van der Waals surface area contributed by atoms with Gasteiger partial charge in [-0.3, -0.25) is 14.4 Å². The van der Waals surface area contributed by atoms with E-state index in [0.717, 1.165) is 23.6 Å². The SMILES string of the molecule is C[C@H]1c2ccc(Cl)cc2CCN1C(=O)CNc1cc2cc(C(=O)N3CCNC4CC43)[nH]c(=O)c2cc1F. The maximum atomic E-state index is 14.9. The molecule has 3 heterocycles. The summed E-state index contributed by atoms with van der Waals surface area (Å²) in [5, 5.41) is 7.51. The third-order valence-corrected chi connectivity index (χ3v) is 7.97. The Morgan fingerprint density at radius 1 is 1.16 bits per heavy atom. The molecule has 1 saturated carbocycles. The number of carbonyl (C=O) groups is 2. The quantitative estimate of drug-likeness (QED) is 0.488. The fourth-order valence-electron chi connectivity index (χ4n) is 5.64. The molecule has 1 aliphatic carbocycles. The Morgan fingerprint density at radius 3 is 2.84 bits per heavy atom. The lowest BCUT2D eigenvalue weighted by Gasteiger charge is -2.35. The van der Waals surface area contributed by atoms with Gasteiger partial charge in [-0.15, -0.1) is 0 Å². The van der Waals surface area contributed by atoms with Gasteiger partial charge in [-0.05, 0) is 66.6 Å². The number of rotatable bonds is 4. The minimum atomic E-state index is -0.639. The summed E-state index contributed by atoms with van der Waals surface area (Å²) in [4.78, 5) is 45.0. The average molecular weight is 524 g/mol. The molecule has 2 aromatic carbocycles. The number of hydrogen-bond donors (Lipinski definition) is 3. The first-order valence-electron chi connectivity index (χ1n) is 12.5. The second-order valence-corrected chi connectivity index (χ2v) is 10.4. The highest BCUT2D eigenvalue weighted by atomic mass is 35.5. The van der Waals surface area contributed by atoms with E-state index in [1.54, 1.807) is 15.9 Å². The van der Waals surface area contributed by atoms with Crippen molar-refractivity contribution in [3.63, 3.8) is 0 Å². The molecule has 1 aromatic heterocycles. The molecule has 6 rings (SSSR count). The lowest BCUT2D eigenvalue weighted by atomic mass is 9.93. The number of halogens is 2. The van der Waals surface area contributed by atoms with Gasteiger partial charge in [0.15, 0.2) is 0 Å². The molecule has 3 aromatic rings. The van der Waals surface area contributed by atoms with Gasteiger partial charge in [0.25, 0.3) is 11.5 Å². The van der Waals surface area contributed by atoms with Crippen molar-refractivity contribution in [3.8, 4) is 0 Å². The highest BCUT2D eigenvalue weighted by Crippen LogP contribution is 2.33. The molecule has 10 heteroatoms. The van der Waals surface area contributed by atoms with Gasteiger partial charge in [-0.25, -0.2) is 4.39 Å². The van der Waals surface area contributed by atoms with E-state index in [0.29, 0.717) is 42.5 Å². The van der Waals surface area contributed by atoms with Gasteiger partial charge in [-0.1, -0.05) is 17.7 Å². The summed E-state index contributed by atoms with van der Waals surface area (Å²) in [6.45, 7) is 3.70. The number of H-pyrrole nitrogens is 1. The fourth-order valence-corrected chi connectivity index (χ4v) is 5.84. The predicted octanol–water partition coefficient (Wildman–Crippen LogP) is 3.06. The standard InChI is InChI=1S/C27H27ClFN5O3/c1-14-18-3-2-17(28)8-15(18)4-6-33(14)25(35)13-31-21-9-16-10-23(32-26(36)19(16)11-20(21)29)27(37)34-7-5-30-22-12-24(22)34/h2-3,8-11,14,22,24,30-31H,4-7,12-13H2,1H3,(H,32,36)/t14-,22?,24?/m0/s1. The van der Waals surface area contributed by atoms with Crippen molar-refractivity contribution in [2.45, 2.75) is 37.9 Å². The van der Waals surface area contributed by atoms with Gasteiger partial charge in [-0.2, -0.15) is 0 Å². The summed E-state index contributed by atoms with van der Waals surface area (Å²) in [5.41, 5.74) is 1.95. The number of aromatic amines is 1. The van der Waals surface area contributed by atoms with E-state index in [9.17, 15) is 18.8 Å². The van der Waals surface area contributed by atoms with Crippen LogP contribution in [0, 0.1) is 5.82 Å². The van der Waals surface area contributed by atoms with Crippen molar-refractivity contribution in [2.75, 3.05) is 31.5 Å². The van der Waals surface area contributed by atoms with Crippen LogP contribution in [0.4, 0.5) is 10.1 Å². The molecule has 1 saturated heterocycles. The van der Waals surface area contributed by atoms with E-state index >= 15 is 0 Å². The summed E-state index contributed by atoms with van der Waals surface area (Å²) < 4.78 is 14.9. The van der Waals surface area contributed by atoms with E-state index < -0.39 is 11.4 Å². The van der Waals surface area contributed by atoms with Gasteiger partial charge in [0, 0.05) is 36.7 Å². The predicted molar refractivity (Wildman–Crippen MR) is 140 cm³/mol. The highest BCUT2D eigenvalue weighted by Gasteiger charge is 2.46. The Balaban J connectivity index is 1.20. The summed E-state index contributed by atoms with van der Waals surface area (Å²) in [6, 6.07) is 10.2. The number of anilines is 1. The maximum Gasteiger partial charge on any atom is 0.270 e. The monoisotopic (exact) mass is 523 g/mol. The molecule has 2 amide bonds. The van der Waals surface area contributed by atoms with Crippen LogP contribution in [0.2, 0.25) is 5.02 Å². The van der Waals surface area contributed by atoms with E-state index in [1.807, 2.05) is 25.1 Å². The number of aromatic nitrogens is 1. The number of nitrogens with one attached hydrogen (secondary N) is 3. The number of hydrogen-bond acceptors (Lipinski definition) is 5. The molecule has 2 aliphatic heterocycles. The lowest BCUT2D eigenvalue weighted by Crippen LogP contribution is -2.47. The Hall–Kier alpha value is -3.43. The summed E-state index contributed by atoms with van der Waals surface area (Å²) in [6.07, 6.45) is 1.61. The van der Waals surface area contributed by atoms with Gasteiger partial charge >= 0.3 is 0 Å². The van der Waals surface area contributed by atoms with Crippen LogP contribution in [-0.2, 0) is 11.2 Å². The molecule has 192 valence electrons. The van der Waals surface area contributed by atoms with Crippen LogP contribution < -0.4 is 16.2 Å². The zero-order valence-electron chi connectivity index (χ0n) is 20.3. The van der Waals surface area contributed by atoms with Crippen molar-refractivity contribution in [3.05, 3.63) is 74.4 Å². The Kier molecular flexibility index (Phi) is 5.92. The van der Waals surface area contributed by atoms with Gasteiger partial charge in [0.2, 0.25) is 5.91 Å². The Morgan fingerprint density at radius 2 is 2.00 bits per heavy atom. The normalized spacial score (nSPS) is 22.4. The third-order valence-electron chi connectivity index (χ3n) is 7.73. The van der Waals surface area contributed by atoms with Crippen LogP contribution in [0.5, 0.6) is 0 Å². The Bertz CT molecular complexity index is 1490. The maximum absolute atomic E-state index is 14.9. The fraction of sp³-hybridized carbons (Fsp3) is 0.370. The zero-order valence-corrected chi connectivity index (χ0v) is 21.1. The second-order valence-electron chi connectivity index (χ2n) is 10.0. The zero-order chi connectivity index (χ0) is 25.8. The van der Waals surface area contributed by atoms with Crippen LogP contribution >= 0.6 is 11.6 Å². The van der Waals surface area contributed by atoms with Crippen LogP contribution in [0.1, 0.15) is 41.0 Å². The largest absolute Gasteiger partial charge is 0.374 e. The molecule has 3 N–H and O–H groups in total. The molecule has 37 heavy (non-hydrogen) atoms. The minimum absolute atomic E-state index is 0.103. The van der Waals surface area contributed by atoms with Crippen LogP contribution in [0.3, 0.4) is 0 Å². The first-order chi connectivity index (χ1) is 17.8.